The molecule has 0 saturated heterocycles. The number of hydrogen-bond donors (Lipinski definition) is 2. The first kappa shape index (κ1) is 28.2. The quantitative estimate of drug-likeness (QED) is 0.343. The number of nitrogens with zero attached hydrogens (tertiary/aromatic N) is 4. The fraction of sp³-hybridized carbons (Fsp3) is 0.444. The minimum atomic E-state index is -0.643. The monoisotopic (exact) mass is 556 g/mol. The Labute approximate surface area is 231 Å². The largest absolute Gasteiger partial charge is 0.481 e. The predicted molar refractivity (Wildman–Crippen MR) is 149 cm³/mol. The molecule has 11 nitrogen and oxygen atoms in total. The first-order valence-corrected chi connectivity index (χ1v) is 13.1. The molecule has 0 radical (unpaired) electrons. The van der Waals surface area contributed by atoms with E-state index in [1.165, 1.54) is 10.8 Å². The summed E-state index contributed by atoms with van der Waals surface area (Å²) in [7, 11) is 1.55. The number of rotatable bonds is 10. The van der Waals surface area contributed by atoms with Crippen molar-refractivity contribution in [1.82, 2.24) is 19.5 Å². The van der Waals surface area contributed by atoms with Crippen molar-refractivity contribution in [1.29, 1.82) is 0 Å². The summed E-state index contributed by atoms with van der Waals surface area (Å²) in [4.78, 5) is 39.2. The van der Waals surface area contributed by atoms with Gasteiger partial charge in [0.2, 0.25) is 11.8 Å². The second-order valence-corrected chi connectivity index (χ2v) is 9.89. The molecule has 0 aliphatic heterocycles. The van der Waals surface area contributed by atoms with E-state index in [9.17, 15) is 9.59 Å². The summed E-state index contributed by atoms with van der Waals surface area (Å²) in [5.41, 5.74) is 3.60. The van der Waals surface area contributed by atoms with E-state index in [0.717, 1.165) is 24.0 Å². The predicted octanol–water partition coefficient (Wildman–Crippen LogP) is 5.27. The number of ether oxygens (including phenoxy) is 3. The molecule has 0 bridgehead atoms. The molecule has 4 rings (SSSR count). The zero-order valence-corrected chi connectivity index (χ0v) is 23.7. The van der Waals surface area contributed by atoms with Gasteiger partial charge >= 0.3 is 6.09 Å². The number of nitrogens with one attached hydrogen (secondary N) is 2. The van der Waals surface area contributed by atoms with E-state index in [1.807, 2.05) is 26.8 Å². The van der Waals surface area contributed by atoms with Crippen LogP contribution in [0, 0.1) is 33.6 Å². The molecular weight excluding hydrogens is 524 g/mol. The number of pyridine rings is 2. The van der Waals surface area contributed by atoms with Crippen LogP contribution < -0.4 is 25.7 Å². The topological polar surface area (TPSA) is 129 Å². The third kappa shape index (κ3) is 6.59. The molecule has 208 valence electrons. The van der Waals surface area contributed by atoms with E-state index in [1.54, 1.807) is 27.0 Å². The van der Waals surface area contributed by atoms with Gasteiger partial charge in [-0.2, -0.15) is 0 Å². The molecule has 0 unspecified atom stereocenters. The number of amides is 1. The summed E-state index contributed by atoms with van der Waals surface area (Å²) in [6.45, 7) is 9.66. The summed E-state index contributed by atoms with van der Waals surface area (Å²) < 4.78 is 17.9. The first-order valence-electron chi connectivity index (χ1n) is 12.7. The fourth-order valence-corrected chi connectivity index (χ4v) is 4.47. The average molecular weight is 557 g/mol. The molecule has 3 aromatic rings. The van der Waals surface area contributed by atoms with Crippen LogP contribution in [0.1, 0.15) is 48.3 Å². The van der Waals surface area contributed by atoms with Crippen LogP contribution in [0.15, 0.2) is 23.1 Å². The minimum absolute atomic E-state index is 0.0130. The molecule has 3 heterocycles. The van der Waals surface area contributed by atoms with Gasteiger partial charge in [0.15, 0.2) is 5.82 Å². The van der Waals surface area contributed by atoms with Crippen LogP contribution in [0.3, 0.4) is 0 Å². The van der Waals surface area contributed by atoms with Crippen LogP contribution >= 0.6 is 11.6 Å². The van der Waals surface area contributed by atoms with Crippen molar-refractivity contribution < 1.29 is 19.0 Å². The summed E-state index contributed by atoms with van der Waals surface area (Å²) in [5, 5.41) is 5.94. The maximum absolute atomic E-state index is 13.5. The lowest BCUT2D eigenvalue weighted by atomic mass is 10.2. The number of carbonyl (C=O) groups excluding carboxylic acids is 1. The second-order valence-electron chi connectivity index (χ2n) is 9.50. The van der Waals surface area contributed by atoms with Gasteiger partial charge in [-0.25, -0.2) is 19.7 Å². The summed E-state index contributed by atoms with van der Waals surface area (Å²) in [6.07, 6.45) is 2.66. The molecule has 1 fully saturated rings. The normalized spacial score (nSPS) is 13.5. The standard InChI is InChI=1S/C27H33ClN6O5/c1-7-38-25-15(3)11-20(17(5)30-25)32-27(36)39-13-21(18-8-9-18)34-12-22(28)33-23(26(34)35)31-19-10-14(2)24(37-6)29-16(19)4/h10-12,18,21H,7-9,13H2,1-6H3,(H,31,33)(H,32,36)/t21-/m1/s1. The Morgan fingerprint density at radius 3 is 2.38 bits per heavy atom. The molecule has 2 N–H and O–H groups in total. The maximum Gasteiger partial charge on any atom is 0.411 e. The third-order valence-electron chi connectivity index (χ3n) is 6.49. The SMILES string of the molecule is CCOc1nc(C)c(NC(=O)OC[C@H](C2CC2)n2cc(Cl)nc(Nc3cc(C)c(OC)nc3C)c2=O)cc1C. The highest BCUT2D eigenvalue weighted by molar-refractivity contribution is 6.29. The molecule has 39 heavy (non-hydrogen) atoms. The van der Waals surface area contributed by atoms with Crippen LogP contribution in [-0.2, 0) is 4.74 Å². The Hall–Kier alpha value is -3.86. The molecule has 0 aromatic carbocycles. The zero-order valence-electron chi connectivity index (χ0n) is 22.9. The van der Waals surface area contributed by atoms with Gasteiger partial charge in [0.1, 0.15) is 11.8 Å². The highest BCUT2D eigenvalue weighted by Gasteiger charge is 2.35. The van der Waals surface area contributed by atoms with E-state index in [-0.39, 0.29) is 29.1 Å². The smallest absolute Gasteiger partial charge is 0.411 e. The van der Waals surface area contributed by atoms with E-state index in [4.69, 9.17) is 25.8 Å². The Balaban J connectivity index is 1.52. The number of methoxy groups -OCH3 is 1. The number of hydrogen-bond acceptors (Lipinski definition) is 9. The van der Waals surface area contributed by atoms with Gasteiger partial charge < -0.3 is 24.1 Å². The summed E-state index contributed by atoms with van der Waals surface area (Å²) >= 11 is 6.33. The van der Waals surface area contributed by atoms with Crippen LogP contribution in [0.2, 0.25) is 5.15 Å². The second kappa shape index (κ2) is 11.9. The lowest BCUT2D eigenvalue weighted by Crippen LogP contribution is -2.32. The Kier molecular flexibility index (Phi) is 8.59. The average Bonchev–Trinajstić information content (AvgIpc) is 3.72. The van der Waals surface area contributed by atoms with Crippen LogP contribution in [0.5, 0.6) is 11.8 Å². The maximum atomic E-state index is 13.5. The Bertz CT molecular complexity index is 1440. The molecule has 0 spiro atoms. The lowest BCUT2D eigenvalue weighted by Gasteiger charge is -2.21. The molecule has 1 saturated carbocycles. The van der Waals surface area contributed by atoms with Gasteiger partial charge in [-0.1, -0.05) is 11.6 Å². The molecular formula is C27H33ClN6O5. The van der Waals surface area contributed by atoms with Crippen molar-refractivity contribution in [2.45, 2.75) is 53.5 Å². The van der Waals surface area contributed by atoms with Crippen molar-refractivity contribution in [3.63, 3.8) is 0 Å². The van der Waals surface area contributed by atoms with E-state index < -0.39 is 12.1 Å². The minimum Gasteiger partial charge on any atom is -0.481 e. The zero-order chi connectivity index (χ0) is 28.3. The van der Waals surface area contributed by atoms with Gasteiger partial charge in [0.05, 0.1) is 42.5 Å². The van der Waals surface area contributed by atoms with Crippen molar-refractivity contribution in [3.05, 3.63) is 56.4 Å². The van der Waals surface area contributed by atoms with Crippen molar-refractivity contribution in [2.75, 3.05) is 31.0 Å². The highest BCUT2D eigenvalue weighted by atomic mass is 35.5. The molecule has 1 amide bonds. The number of aryl methyl sites for hydroxylation is 4. The van der Waals surface area contributed by atoms with E-state index in [2.05, 4.69) is 25.6 Å². The van der Waals surface area contributed by atoms with Gasteiger partial charge in [-0.05, 0) is 65.5 Å². The first-order chi connectivity index (χ1) is 18.6. The number of anilines is 3. The molecule has 1 atom stereocenters. The third-order valence-corrected chi connectivity index (χ3v) is 6.67. The Morgan fingerprint density at radius 1 is 1.08 bits per heavy atom. The number of aromatic nitrogens is 4. The fourth-order valence-electron chi connectivity index (χ4n) is 4.28. The van der Waals surface area contributed by atoms with Crippen LogP contribution in [-0.4, -0.2) is 45.9 Å². The number of halogens is 1. The van der Waals surface area contributed by atoms with Crippen molar-refractivity contribution in [2.24, 2.45) is 5.92 Å². The molecule has 12 heteroatoms. The number of carbonyl (C=O) groups is 1. The molecule has 1 aliphatic carbocycles. The Morgan fingerprint density at radius 2 is 1.72 bits per heavy atom. The highest BCUT2D eigenvalue weighted by Crippen LogP contribution is 2.40. The summed E-state index contributed by atoms with van der Waals surface area (Å²) in [6, 6.07) is 3.22. The van der Waals surface area contributed by atoms with Gasteiger partial charge in [0, 0.05) is 17.3 Å². The van der Waals surface area contributed by atoms with Gasteiger partial charge in [-0.3, -0.25) is 10.1 Å². The van der Waals surface area contributed by atoms with Crippen molar-refractivity contribution in [3.8, 4) is 11.8 Å². The molecule has 1 aliphatic rings. The van der Waals surface area contributed by atoms with Crippen LogP contribution in [0.4, 0.5) is 22.0 Å². The lowest BCUT2D eigenvalue weighted by molar-refractivity contribution is 0.135. The molecule has 3 aromatic heterocycles. The van der Waals surface area contributed by atoms with E-state index in [0.29, 0.717) is 41.1 Å². The van der Waals surface area contributed by atoms with Crippen LogP contribution in [0.25, 0.3) is 0 Å². The summed E-state index contributed by atoms with van der Waals surface area (Å²) in [5.74, 6) is 1.25. The van der Waals surface area contributed by atoms with Gasteiger partial charge in [-0.15, -0.1) is 0 Å². The van der Waals surface area contributed by atoms with E-state index >= 15 is 0 Å². The van der Waals surface area contributed by atoms with Gasteiger partial charge in [0.25, 0.3) is 5.56 Å². The van der Waals surface area contributed by atoms with Crippen molar-refractivity contribution >= 4 is 34.9 Å².